The van der Waals surface area contributed by atoms with Crippen molar-refractivity contribution in [3.8, 4) is 5.69 Å². The smallest absolute Gasteiger partial charge is 0.255 e. The molecule has 0 amide bonds. The second kappa shape index (κ2) is 4.14. The maximum atomic E-state index is 13.3. The van der Waals surface area contributed by atoms with Gasteiger partial charge in [-0.05, 0) is 46.9 Å². The van der Waals surface area contributed by atoms with Gasteiger partial charge in [0.15, 0.2) is 0 Å². The van der Waals surface area contributed by atoms with Crippen LogP contribution in [0, 0.1) is 9.39 Å². The fourth-order valence-electron chi connectivity index (χ4n) is 1.28. The quantitative estimate of drug-likeness (QED) is 0.742. The molecule has 76 valence electrons. The van der Waals surface area contributed by atoms with Gasteiger partial charge in [0.05, 0.1) is 5.69 Å². The maximum Gasteiger partial charge on any atom is 0.255 e. The van der Waals surface area contributed by atoms with Gasteiger partial charge in [-0.1, -0.05) is 6.07 Å². The van der Waals surface area contributed by atoms with E-state index < -0.39 is 0 Å². The van der Waals surface area contributed by atoms with Gasteiger partial charge in [-0.15, -0.1) is 0 Å². The lowest BCUT2D eigenvalue weighted by molar-refractivity contribution is 0.619. The van der Waals surface area contributed by atoms with E-state index in [4.69, 9.17) is 0 Å². The number of rotatable bonds is 1. The molecule has 2 nitrogen and oxygen atoms in total. The van der Waals surface area contributed by atoms with Crippen molar-refractivity contribution in [1.29, 1.82) is 0 Å². The molecule has 0 fully saturated rings. The van der Waals surface area contributed by atoms with E-state index in [9.17, 15) is 9.18 Å². The van der Waals surface area contributed by atoms with E-state index in [-0.39, 0.29) is 11.4 Å². The van der Waals surface area contributed by atoms with Crippen molar-refractivity contribution in [3.05, 3.63) is 62.3 Å². The Morgan fingerprint density at radius 2 is 2.00 bits per heavy atom. The zero-order valence-corrected chi connectivity index (χ0v) is 9.81. The van der Waals surface area contributed by atoms with E-state index >= 15 is 0 Å². The van der Waals surface area contributed by atoms with Gasteiger partial charge in [-0.25, -0.2) is 4.39 Å². The van der Waals surface area contributed by atoms with E-state index in [0.29, 0.717) is 9.26 Å². The first kappa shape index (κ1) is 10.4. The summed E-state index contributed by atoms with van der Waals surface area (Å²) in [5.41, 5.74) is 0.372. The average Bonchev–Trinajstić information content (AvgIpc) is 2.23. The number of pyridine rings is 1. The zero-order valence-electron chi connectivity index (χ0n) is 7.65. The van der Waals surface area contributed by atoms with E-state index in [2.05, 4.69) is 0 Å². The molecular formula is C11H7FINO. The highest BCUT2D eigenvalue weighted by Crippen LogP contribution is 2.14. The Morgan fingerprint density at radius 1 is 1.20 bits per heavy atom. The third-order valence-electron chi connectivity index (χ3n) is 2.00. The van der Waals surface area contributed by atoms with Gasteiger partial charge in [0, 0.05) is 15.8 Å². The topological polar surface area (TPSA) is 22.0 Å². The maximum absolute atomic E-state index is 13.3. The van der Waals surface area contributed by atoms with Crippen molar-refractivity contribution in [3.63, 3.8) is 0 Å². The lowest BCUT2D eigenvalue weighted by Gasteiger charge is -2.05. The molecule has 2 aromatic rings. The predicted octanol–water partition coefficient (Wildman–Crippen LogP) is 2.58. The summed E-state index contributed by atoms with van der Waals surface area (Å²) >= 11 is 1.91. The molecule has 0 bridgehead atoms. The first-order valence-corrected chi connectivity index (χ1v) is 5.39. The average molecular weight is 315 g/mol. The Hall–Kier alpha value is -1.17. The number of hydrogen-bond acceptors (Lipinski definition) is 1. The molecule has 1 heterocycles. The highest BCUT2D eigenvalue weighted by atomic mass is 127. The molecule has 1 aromatic carbocycles. The number of aromatic nitrogens is 1. The Labute approximate surface area is 99.5 Å². The largest absolute Gasteiger partial charge is 0.284 e. The number of nitrogens with zero attached hydrogens (tertiary/aromatic N) is 1. The second-order valence-electron chi connectivity index (χ2n) is 3.01. The molecule has 0 aliphatic carbocycles. The standard InChI is InChI=1S/C11H7FINO/c12-9-7-8(4-5-10(9)13)14-6-2-1-3-11(14)15/h1-7H. The summed E-state index contributed by atoms with van der Waals surface area (Å²) in [6.45, 7) is 0. The van der Waals surface area contributed by atoms with Crippen molar-refractivity contribution in [2.75, 3.05) is 0 Å². The fourth-order valence-corrected chi connectivity index (χ4v) is 1.61. The number of benzene rings is 1. The molecule has 0 aliphatic rings. The highest BCUT2D eigenvalue weighted by molar-refractivity contribution is 14.1. The number of hydrogen-bond donors (Lipinski definition) is 0. The molecule has 0 saturated heterocycles. The van der Waals surface area contributed by atoms with Crippen molar-refractivity contribution < 1.29 is 4.39 Å². The van der Waals surface area contributed by atoms with E-state index in [1.165, 1.54) is 16.7 Å². The molecule has 0 spiro atoms. The van der Waals surface area contributed by atoms with E-state index in [0.717, 1.165) is 0 Å². The van der Waals surface area contributed by atoms with Gasteiger partial charge in [0.2, 0.25) is 0 Å². The molecule has 0 radical (unpaired) electrons. The Morgan fingerprint density at radius 3 is 2.67 bits per heavy atom. The van der Waals surface area contributed by atoms with Gasteiger partial charge in [0.1, 0.15) is 5.82 Å². The van der Waals surface area contributed by atoms with Crippen LogP contribution in [0.5, 0.6) is 0 Å². The summed E-state index contributed by atoms with van der Waals surface area (Å²) in [6, 6.07) is 9.54. The third-order valence-corrected chi connectivity index (χ3v) is 2.88. The van der Waals surface area contributed by atoms with Gasteiger partial charge >= 0.3 is 0 Å². The minimum absolute atomic E-state index is 0.168. The van der Waals surface area contributed by atoms with E-state index in [1.54, 1.807) is 30.5 Å². The molecule has 0 aliphatic heterocycles. The van der Waals surface area contributed by atoms with Crippen LogP contribution in [0.25, 0.3) is 5.69 Å². The lowest BCUT2D eigenvalue weighted by atomic mass is 10.3. The van der Waals surface area contributed by atoms with Crippen LogP contribution in [0.15, 0.2) is 47.4 Å². The summed E-state index contributed by atoms with van der Waals surface area (Å²) in [5.74, 6) is -0.316. The lowest BCUT2D eigenvalue weighted by Crippen LogP contribution is -2.15. The molecule has 2 rings (SSSR count). The van der Waals surface area contributed by atoms with Gasteiger partial charge in [-0.2, -0.15) is 0 Å². The van der Waals surface area contributed by atoms with Crippen LogP contribution in [0.4, 0.5) is 4.39 Å². The van der Waals surface area contributed by atoms with Crippen LogP contribution in [0.3, 0.4) is 0 Å². The van der Waals surface area contributed by atoms with Crippen molar-refractivity contribution >= 4 is 22.6 Å². The third kappa shape index (κ3) is 2.09. The van der Waals surface area contributed by atoms with Crippen molar-refractivity contribution in [2.45, 2.75) is 0 Å². The molecule has 0 atom stereocenters. The van der Waals surface area contributed by atoms with Gasteiger partial charge < -0.3 is 0 Å². The van der Waals surface area contributed by atoms with Crippen molar-refractivity contribution in [1.82, 2.24) is 4.57 Å². The number of halogens is 2. The second-order valence-corrected chi connectivity index (χ2v) is 4.17. The molecule has 4 heteroatoms. The van der Waals surface area contributed by atoms with Gasteiger partial charge in [0.25, 0.3) is 5.56 Å². The SMILES string of the molecule is O=c1ccccn1-c1ccc(I)c(F)c1. The van der Waals surface area contributed by atoms with Crippen LogP contribution in [0.1, 0.15) is 0 Å². The van der Waals surface area contributed by atoms with Crippen molar-refractivity contribution in [2.24, 2.45) is 0 Å². The highest BCUT2D eigenvalue weighted by Gasteiger charge is 2.02. The fraction of sp³-hybridized carbons (Fsp3) is 0. The first-order chi connectivity index (χ1) is 7.18. The normalized spacial score (nSPS) is 10.3. The van der Waals surface area contributed by atoms with Crippen LogP contribution in [0.2, 0.25) is 0 Å². The Balaban J connectivity index is 2.60. The van der Waals surface area contributed by atoms with Crippen LogP contribution in [-0.4, -0.2) is 4.57 Å². The summed E-state index contributed by atoms with van der Waals surface area (Å²) in [6.07, 6.45) is 1.62. The molecule has 1 aromatic heterocycles. The van der Waals surface area contributed by atoms with Gasteiger partial charge in [-0.3, -0.25) is 9.36 Å². The van der Waals surface area contributed by atoms with Crippen LogP contribution < -0.4 is 5.56 Å². The minimum Gasteiger partial charge on any atom is -0.284 e. The molecule has 0 unspecified atom stereocenters. The molecular weight excluding hydrogens is 308 g/mol. The van der Waals surface area contributed by atoms with E-state index in [1.807, 2.05) is 22.6 Å². The zero-order chi connectivity index (χ0) is 10.8. The Kier molecular flexibility index (Phi) is 2.86. The first-order valence-electron chi connectivity index (χ1n) is 4.31. The summed E-state index contributed by atoms with van der Waals surface area (Å²) < 4.78 is 15.2. The minimum atomic E-state index is -0.316. The molecule has 15 heavy (non-hydrogen) atoms. The molecule has 0 N–H and O–H groups in total. The van der Waals surface area contributed by atoms with Crippen LogP contribution >= 0.6 is 22.6 Å². The Bertz CT molecular complexity index is 550. The summed E-state index contributed by atoms with van der Waals surface area (Å²) in [4.78, 5) is 11.5. The monoisotopic (exact) mass is 315 g/mol. The summed E-state index contributed by atoms with van der Waals surface area (Å²) in [5, 5.41) is 0. The summed E-state index contributed by atoms with van der Waals surface area (Å²) in [7, 11) is 0. The predicted molar refractivity (Wildman–Crippen MR) is 64.7 cm³/mol. The molecule has 0 saturated carbocycles. The van der Waals surface area contributed by atoms with Crippen LogP contribution in [-0.2, 0) is 0 Å².